The number of hydrogen-bond donors (Lipinski definition) is 0. The van der Waals surface area contributed by atoms with E-state index in [0.29, 0.717) is 10.9 Å². The molecule has 0 bridgehead atoms. The lowest BCUT2D eigenvalue weighted by molar-refractivity contribution is -0.115. The van der Waals surface area contributed by atoms with Gasteiger partial charge in [0, 0.05) is 31.5 Å². The molecule has 0 aliphatic carbocycles. The molecule has 0 radical (unpaired) electrons. The molecule has 0 unspecified atom stereocenters. The van der Waals surface area contributed by atoms with Crippen molar-refractivity contribution in [2.24, 2.45) is 7.05 Å². The summed E-state index contributed by atoms with van der Waals surface area (Å²) in [6, 6.07) is 8.05. The molecule has 2 heterocycles. The third-order valence-electron chi connectivity index (χ3n) is 4.24. The molecule has 142 valence electrons. The Hall–Kier alpha value is -2.19. The Labute approximate surface area is 167 Å². The van der Waals surface area contributed by atoms with Crippen LogP contribution in [0.1, 0.15) is 37.9 Å². The van der Waals surface area contributed by atoms with E-state index in [9.17, 15) is 4.79 Å². The first-order valence-electron chi connectivity index (χ1n) is 8.88. The van der Waals surface area contributed by atoms with Gasteiger partial charge in [-0.2, -0.15) is 0 Å². The van der Waals surface area contributed by atoms with Crippen LogP contribution in [0.3, 0.4) is 0 Å². The quantitative estimate of drug-likeness (QED) is 0.550. The molecule has 0 saturated heterocycles. The number of thiazole rings is 1. The number of nitrogens with zero attached hydrogens (tertiary/aromatic N) is 5. The van der Waals surface area contributed by atoms with E-state index in [-0.39, 0.29) is 5.91 Å². The summed E-state index contributed by atoms with van der Waals surface area (Å²) >= 11 is 3.08. The number of thioether (sulfide) groups is 1. The van der Waals surface area contributed by atoms with Crippen LogP contribution >= 0.6 is 23.1 Å². The van der Waals surface area contributed by atoms with E-state index in [1.165, 1.54) is 16.9 Å². The molecule has 6 nitrogen and oxygen atoms in total. The molecular formula is C19H23N5OS2. The number of aromatic nitrogens is 4. The Morgan fingerprint density at radius 1 is 1.19 bits per heavy atom. The maximum atomic E-state index is 12.2. The van der Waals surface area contributed by atoms with Gasteiger partial charge in [-0.1, -0.05) is 37.7 Å². The van der Waals surface area contributed by atoms with Crippen molar-refractivity contribution in [2.75, 3.05) is 4.90 Å². The van der Waals surface area contributed by atoms with Crippen LogP contribution in [0.4, 0.5) is 10.8 Å². The molecule has 1 aromatic carbocycles. The summed E-state index contributed by atoms with van der Waals surface area (Å²) in [6.45, 7) is 5.74. The second kappa shape index (κ2) is 8.67. The first-order chi connectivity index (χ1) is 13.0. The fourth-order valence-corrected chi connectivity index (χ4v) is 4.50. The van der Waals surface area contributed by atoms with Gasteiger partial charge in [0.1, 0.15) is 5.82 Å². The predicted octanol–water partition coefficient (Wildman–Crippen LogP) is 4.37. The molecule has 0 atom stereocenters. The molecule has 27 heavy (non-hydrogen) atoms. The van der Waals surface area contributed by atoms with Crippen molar-refractivity contribution in [1.82, 2.24) is 19.7 Å². The summed E-state index contributed by atoms with van der Waals surface area (Å²) in [5.41, 5.74) is 3.01. The molecule has 0 aliphatic rings. The molecule has 0 N–H and O–H groups in total. The highest BCUT2D eigenvalue weighted by molar-refractivity contribution is 7.98. The topological polar surface area (TPSA) is 63.9 Å². The van der Waals surface area contributed by atoms with Crippen LogP contribution in [0.25, 0.3) is 0 Å². The lowest BCUT2D eigenvalue weighted by Crippen LogP contribution is -2.22. The van der Waals surface area contributed by atoms with Crippen molar-refractivity contribution in [1.29, 1.82) is 0 Å². The van der Waals surface area contributed by atoms with E-state index in [1.54, 1.807) is 23.6 Å². The lowest BCUT2D eigenvalue weighted by atomic mass is 10.1. The van der Waals surface area contributed by atoms with E-state index in [2.05, 4.69) is 41.2 Å². The van der Waals surface area contributed by atoms with Crippen LogP contribution in [-0.4, -0.2) is 25.7 Å². The molecule has 1 amide bonds. The van der Waals surface area contributed by atoms with Gasteiger partial charge in [-0.05, 0) is 24.1 Å². The summed E-state index contributed by atoms with van der Waals surface area (Å²) in [7, 11) is 1.98. The van der Waals surface area contributed by atoms with Crippen molar-refractivity contribution in [3.05, 3.63) is 46.7 Å². The minimum Gasteiger partial charge on any atom is -0.309 e. The number of benzene rings is 1. The Kier molecular flexibility index (Phi) is 6.28. The van der Waals surface area contributed by atoms with Gasteiger partial charge in [0.05, 0.1) is 11.4 Å². The lowest BCUT2D eigenvalue weighted by Gasteiger charge is -2.18. The Morgan fingerprint density at radius 3 is 2.52 bits per heavy atom. The maximum absolute atomic E-state index is 12.2. The van der Waals surface area contributed by atoms with Crippen LogP contribution in [-0.2, 0) is 30.4 Å². The maximum Gasteiger partial charge on any atom is 0.230 e. The second-order valence-electron chi connectivity index (χ2n) is 6.10. The third kappa shape index (κ3) is 4.39. The van der Waals surface area contributed by atoms with Crippen molar-refractivity contribution < 1.29 is 4.79 Å². The van der Waals surface area contributed by atoms with Gasteiger partial charge < -0.3 is 4.57 Å². The van der Waals surface area contributed by atoms with Crippen molar-refractivity contribution in [3.63, 3.8) is 0 Å². The molecule has 0 saturated carbocycles. The molecule has 0 fully saturated rings. The number of carbonyl (C=O) groups is 1. The second-order valence-corrected chi connectivity index (χ2v) is 7.87. The van der Waals surface area contributed by atoms with Crippen LogP contribution < -0.4 is 4.90 Å². The zero-order chi connectivity index (χ0) is 19.4. The smallest absolute Gasteiger partial charge is 0.230 e. The van der Waals surface area contributed by atoms with Crippen LogP contribution in [0.2, 0.25) is 0 Å². The highest BCUT2D eigenvalue weighted by atomic mass is 32.2. The van der Waals surface area contributed by atoms with Crippen LogP contribution in [0.15, 0.2) is 34.8 Å². The normalized spacial score (nSPS) is 11.0. The summed E-state index contributed by atoms with van der Waals surface area (Å²) < 4.78 is 2.01. The van der Waals surface area contributed by atoms with E-state index in [4.69, 9.17) is 0 Å². The number of carbonyl (C=O) groups excluding carboxylic acids is 1. The summed E-state index contributed by atoms with van der Waals surface area (Å²) in [5, 5.41) is 12.0. The van der Waals surface area contributed by atoms with Gasteiger partial charge in [-0.3, -0.25) is 9.69 Å². The van der Waals surface area contributed by atoms with E-state index >= 15 is 0 Å². The van der Waals surface area contributed by atoms with Gasteiger partial charge in [-0.15, -0.1) is 21.5 Å². The predicted molar refractivity (Wildman–Crippen MR) is 111 cm³/mol. The average molecular weight is 402 g/mol. The standard InChI is InChI=1S/C19H23N5OS2/c1-5-14-7-9-16(10-8-14)24(13(3)25)18-20-15(11-26-18)12-27-19-22-21-17(6-2)23(19)4/h7-11H,5-6,12H2,1-4H3. The number of anilines is 2. The first kappa shape index (κ1) is 19.6. The minimum absolute atomic E-state index is 0.0475. The van der Waals surface area contributed by atoms with Crippen molar-refractivity contribution in [3.8, 4) is 0 Å². The highest BCUT2D eigenvalue weighted by Crippen LogP contribution is 2.31. The number of hydrogen-bond acceptors (Lipinski definition) is 6. The fourth-order valence-electron chi connectivity index (χ4n) is 2.69. The van der Waals surface area contributed by atoms with Gasteiger partial charge in [0.15, 0.2) is 10.3 Å². The Morgan fingerprint density at radius 2 is 1.93 bits per heavy atom. The summed E-state index contributed by atoms with van der Waals surface area (Å²) in [6.07, 6.45) is 1.83. The molecule has 0 spiro atoms. The minimum atomic E-state index is -0.0475. The monoisotopic (exact) mass is 401 g/mol. The van der Waals surface area contributed by atoms with Gasteiger partial charge in [0.25, 0.3) is 0 Å². The Balaban J connectivity index is 1.75. The molecule has 3 aromatic rings. The number of rotatable bonds is 7. The summed E-state index contributed by atoms with van der Waals surface area (Å²) in [4.78, 5) is 18.6. The van der Waals surface area contributed by atoms with Crippen molar-refractivity contribution >= 4 is 39.8 Å². The zero-order valence-electron chi connectivity index (χ0n) is 16.0. The van der Waals surface area contributed by atoms with E-state index in [0.717, 1.165) is 35.2 Å². The molecule has 2 aromatic heterocycles. The molecular weight excluding hydrogens is 378 g/mol. The van der Waals surface area contributed by atoms with Gasteiger partial charge in [-0.25, -0.2) is 4.98 Å². The third-order valence-corrected chi connectivity index (χ3v) is 6.17. The average Bonchev–Trinajstić information content (AvgIpc) is 3.27. The first-order valence-corrected chi connectivity index (χ1v) is 10.7. The number of amides is 1. The van der Waals surface area contributed by atoms with Crippen molar-refractivity contribution in [2.45, 2.75) is 44.5 Å². The summed E-state index contributed by atoms with van der Waals surface area (Å²) in [5.74, 6) is 1.61. The highest BCUT2D eigenvalue weighted by Gasteiger charge is 2.18. The SMILES string of the molecule is CCc1ccc(N(C(C)=O)c2nc(CSc3nnc(CC)n3C)cs2)cc1. The fraction of sp³-hybridized carbons (Fsp3) is 0.368. The van der Waals surface area contributed by atoms with E-state index < -0.39 is 0 Å². The van der Waals surface area contributed by atoms with Crippen LogP contribution in [0, 0.1) is 0 Å². The number of aryl methyl sites for hydroxylation is 2. The largest absolute Gasteiger partial charge is 0.309 e. The molecule has 0 aliphatic heterocycles. The Bertz CT molecular complexity index is 917. The van der Waals surface area contributed by atoms with Gasteiger partial charge >= 0.3 is 0 Å². The molecule has 3 rings (SSSR count). The van der Waals surface area contributed by atoms with Crippen LogP contribution in [0.5, 0.6) is 0 Å². The molecule has 8 heteroatoms. The van der Waals surface area contributed by atoms with Gasteiger partial charge in [0.2, 0.25) is 5.91 Å². The zero-order valence-corrected chi connectivity index (χ0v) is 17.6. The van der Waals surface area contributed by atoms with E-state index in [1.807, 2.05) is 29.1 Å².